The van der Waals surface area contributed by atoms with Gasteiger partial charge in [-0.05, 0) is 12.5 Å². The number of nitrogens with one attached hydrogen (secondary N) is 1. The lowest BCUT2D eigenvalue weighted by Gasteiger charge is -2.13. The summed E-state index contributed by atoms with van der Waals surface area (Å²) in [6, 6.07) is 4.53. The van der Waals surface area contributed by atoms with Gasteiger partial charge in [0.05, 0.1) is 69.5 Å². The maximum atomic E-state index is 11.0. The molecule has 0 saturated carbocycles. The fourth-order valence-corrected chi connectivity index (χ4v) is 2.29. The van der Waals surface area contributed by atoms with Crippen molar-refractivity contribution in [3.63, 3.8) is 0 Å². The minimum atomic E-state index is -0.444. The van der Waals surface area contributed by atoms with Crippen molar-refractivity contribution in [2.45, 2.75) is 13.3 Å². The van der Waals surface area contributed by atoms with Gasteiger partial charge in [-0.1, -0.05) is 6.92 Å². The van der Waals surface area contributed by atoms with Crippen molar-refractivity contribution < 1.29 is 28.6 Å². The number of rotatable bonds is 19. The number of hydrogen-bond acceptors (Lipinski definition) is 8. The number of halogens is 1. The molecule has 0 fully saturated rings. The minimum absolute atomic E-state index is 0.0100. The summed E-state index contributed by atoms with van der Waals surface area (Å²) < 4.78 is 27.0. The van der Waals surface area contributed by atoms with Crippen LogP contribution in [0.1, 0.15) is 13.3 Å². The average molecular weight is 435 g/mol. The van der Waals surface area contributed by atoms with Gasteiger partial charge in [-0.25, -0.2) is 0 Å². The van der Waals surface area contributed by atoms with Gasteiger partial charge < -0.3 is 29.0 Å². The van der Waals surface area contributed by atoms with Gasteiger partial charge in [0.15, 0.2) is 0 Å². The molecule has 0 aromatic heterocycles. The minimum Gasteiger partial charge on any atom is -0.489 e. The Kier molecular flexibility index (Phi) is 15.1. The molecule has 0 spiro atoms. The van der Waals surface area contributed by atoms with Crippen LogP contribution in [0.2, 0.25) is 0 Å². The Balaban J connectivity index is 2.10. The molecule has 166 valence electrons. The quantitative estimate of drug-likeness (QED) is 0.153. The Morgan fingerprint density at radius 2 is 1.48 bits per heavy atom. The van der Waals surface area contributed by atoms with E-state index in [1.807, 2.05) is 6.92 Å². The predicted octanol–water partition coefficient (Wildman–Crippen LogP) is 3.10. The van der Waals surface area contributed by atoms with Crippen molar-refractivity contribution in [1.29, 1.82) is 0 Å². The smallest absolute Gasteiger partial charge is 0.273 e. The Labute approximate surface area is 176 Å². The first-order valence-corrected chi connectivity index (χ1v) is 10.2. The number of alkyl halides is 1. The monoisotopic (exact) mass is 434 g/mol. The Morgan fingerprint density at radius 3 is 2.00 bits per heavy atom. The second kappa shape index (κ2) is 17.2. The Bertz CT molecular complexity index is 563. The number of nitro benzene ring substituents is 1. The lowest BCUT2D eigenvalue weighted by atomic mass is 10.2. The second-order valence-electron chi connectivity index (χ2n) is 5.85. The molecule has 0 atom stereocenters. The molecule has 1 rings (SSSR count). The molecule has 0 amide bonds. The third-order valence-electron chi connectivity index (χ3n) is 3.56. The summed E-state index contributed by atoms with van der Waals surface area (Å²) in [7, 11) is 0. The zero-order valence-electron chi connectivity index (χ0n) is 16.9. The van der Waals surface area contributed by atoms with Crippen LogP contribution in [-0.2, 0) is 18.9 Å². The molecule has 0 aliphatic carbocycles. The van der Waals surface area contributed by atoms with E-state index in [-0.39, 0.29) is 12.3 Å². The lowest BCUT2D eigenvalue weighted by Crippen LogP contribution is -2.14. The van der Waals surface area contributed by atoms with E-state index in [9.17, 15) is 10.1 Å². The van der Waals surface area contributed by atoms with Gasteiger partial charge in [0, 0.05) is 18.5 Å². The molecular weight excluding hydrogens is 404 g/mol. The van der Waals surface area contributed by atoms with Gasteiger partial charge in [-0.15, -0.1) is 11.6 Å². The third kappa shape index (κ3) is 12.5. The normalized spacial score (nSPS) is 10.8. The van der Waals surface area contributed by atoms with E-state index >= 15 is 0 Å². The Morgan fingerprint density at radius 1 is 0.931 bits per heavy atom. The van der Waals surface area contributed by atoms with Gasteiger partial charge >= 0.3 is 0 Å². The van der Waals surface area contributed by atoms with Crippen LogP contribution in [0.3, 0.4) is 0 Å². The van der Waals surface area contributed by atoms with Crippen LogP contribution >= 0.6 is 11.6 Å². The van der Waals surface area contributed by atoms with E-state index in [2.05, 4.69) is 5.32 Å². The number of non-ortho nitro benzene ring substituents is 1. The molecule has 0 radical (unpaired) electrons. The molecule has 0 bridgehead atoms. The maximum absolute atomic E-state index is 11.0. The molecule has 10 heteroatoms. The number of hydrogen-bond donors (Lipinski definition) is 1. The van der Waals surface area contributed by atoms with E-state index in [4.69, 9.17) is 35.3 Å². The van der Waals surface area contributed by atoms with E-state index in [1.165, 1.54) is 12.1 Å². The van der Waals surface area contributed by atoms with E-state index < -0.39 is 4.92 Å². The molecule has 29 heavy (non-hydrogen) atoms. The summed E-state index contributed by atoms with van der Waals surface area (Å²) in [4.78, 5) is 10.5. The van der Waals surface area contributed by atoms with Crippen LogP contribution in [-0.4, -0.2) is 76.8 Å². The van der Waals surface area contributed by atoms with Crippen LogP contribution in [0.4, 0.5) is 11.4 Å². The van der Waals surface area contributed by atoms with Crippen LogP contribution < -0.4 is 10.1 Å². The van der Waals surface area contributed by atoms with Crippen LogP contribution in [0.5, 0.6) is 5.75 Å². The molecule has 0 heterocycles. The molecule has 0 aliphatic heterocycles. The van der Waals surface area contributed by atoms with Crippen LogP contribution in [0.15, 0.2) is 18.2 Å². The fraction of sp³-hybridized carbons (Fsp3) is 0.684. The zero-order valence-corrected chi connectivity index (χ0v) is 17.7. The first-order chi connectivity index (χ1) is 14.2. The van der Waals surface area contributed by atoms with Gasteiger partial charge in [0.2, 0.25) is 0 Å². The third-order valence-corrected chi connectivity index (χ3v) is 3.72. The summed E-state index contributed by atoms with van der Waals surface area (Å²) in [5.74, 6) is 0.927. The Hall–Kier alpha value is -1.65. The number of benzene rings is 1. The molecule has 1 aromatic rings. The van der Waals surface area contributed by atoms with Crippen molar-refractivity contribution >= 4 is 23.0 Å². The van der Waals surface area contributed by atoms with Gasteiger partial charge in [-0.2, -0.15) is 0 Å². The van der Waals surface area contributed by atoms with Gasteiger partial charge in [0.1, 0.15) is 12.4 Å². The van der Waals surface area contributed by atoms with Crippen molar-refractivity contribution in [2.75, 3.05) is 77.2 Å². The van der Waals surface area contributed by atoms with Crippen molar-refractivity contribution in [1.82, 2.24) is 0 Å². The highest BCUT2D eigenvalue weighted by Crippen LogP contribution is 2.29. The number of nitrogens with zero attached hydrogens (tertiary/aromatic N) is 1. The predicted molar refractivity (Wildman–Crippen MR) is 111 cm³/mol. The summed E-state index contributed by atoms with van der Waals surface area (Å²) in [6.45, 7) is 6.86. The second-order valence-corrected chi connectivity index (χ2v) is 6.23. The molecule has 9 nitrogen and oxygen atoms in total. The molecule has 0 aliphatic rings. The van der Waals surface area contributed by atoms with Crippen LogP contribution in [0.25, 0.3) is 0 Å². The highest BCUT2D eigenvalue weighted by atomic mass is 35.5. The zero-order chi connectivity index (χ0) is 21.2. The molecule has 0 unspecified atom stereocenters. The molecule has 0 saturated heterocycles. The van der Waals surface area contributed by atoms with E-state index in [0.29, 0.717) is 64.5 Å². The summed E-state index contributed by atoms with van der Waals surface area (Å²) in [6.07, 6.45) is 0.937. The number of nitro groups is 1. The fourth-order valence-electron chi connectivity index (χ4n) is 2.18. The topological polar surface area (TPSA) is 101 Å². The summed E-state index contributed by atoms with van der Waals surface area (Å²) in [5, 5.41) is 14.1. The molecular formula is C19H31ClN2O7. The average Bonchev–Trinajstić information content (AvgIpc) is 2.72. The largest absolute Gasteiger partial charge is 0.489 e. The molecule has 1 N–H and O–H groups in total. The van der Waals surface area contributed by atoms with E-state index in [1.54, 1.807) is 6.07 Å². The lowest BCUT2D eigenvalue weighted by molar-refractivity contribution is -0.384. The standard InChI is InChI=1S/C19H31ClN2O7/c1-2-6-21-18-4-3-17(22(23)24)16-19(18)29-15-14-28-13-12-27-11-10-26-9-8-25-7-5-20/h3-4,16,21H,2,5-15H2,1H3. The highest BCUT2D eigenvalue weighted by molar-refractivity contribution is 6.17. The highest BCUT2D eigenvalue weighted by Gasteiger charge is 2.11. The molecule has 1 aromatic carbocycles. The maximum Gasteiger partial charge on any atom is 0.273 e. The van der Waals surface area contributed by atoms with E-state index in [0.717, 1.165) is 18.7 Å². The van der Waals surface area contributed by atoms with Crippen molar-refractivity contribution in [3.8, 4) is 5.75 Å². The van der Waals surface area contributed by atoms with Gasteiger partial charge in [0.25, 0.3) is 5.69 Å². The number of anilines is 1. The SMILES string of the molecule is CCCNc1ccc([N+](=O)[O-])cc1OCCOCCOCCOCCOCCCl. The van der Waals surface area contributed by atoms with Crippen molar-refractivity contribution in [3.05, 3.63) is 28.3 Å². The van der Waals surface area contributed by atoms with Crippen LogP contribution in [0, 0.1) is 10.1 Å². The first kappa shape index (κ1) is 25.4. The summed E-state index contributed by atoms with van der Waals surface area (Å²) in [5.41, 5.74) is 0.720. The van der Waals surface area contributed by atoms with Crippen molar-refractivity contribution in [2.24, 2.45) is 0 Å². The first-order valence-electron chi connectivity index (χ1n) is 9.71. The summed E-state index contributed by atoms with van der Waals surface area (Å²) >= 11 is 5.49. The number of ether oxygens (including phenoxy) is 5. The van der Waals surface area contributed by atoms with Gasteiger partial charge in [-0.3, -0.25) is 10.1 Å².